The summed E-state index contributed by atoms with van der Waals surface area (Å²) < 4.78 is 0. The molecule has 3 aromatic rings. The average Bonchev–Trinajstić information content (AvgIpc) is 2.76. The predicted molar refractivity (Wildman–Crippen MR) is 120 cm³/mol. The van der Waals surface area contributed by atoms with Gasteiger partial charge in [0.25, 0.3) is 0 Å². The molecule has 1 N–H and O–H groups in total. The number of hydrogen-bond acceptors (Lipinski definition) is 2. The van der Waals surface area contributed by atoms with Gasteiger partial charge in [0.2, 0.25) is 5.91 Å². The summed E-state index contributed by atoms with van der Waals surface area (Å²) in [5, 5.41) is 3.17. The lowest BCUT2D eigenvalue weighted by atomic mass is 9.88. The van der Waals surface area contributed by atoms with Crippen LogP contribution in [0, 0.1) is 0 Å². The second-order valence-electron chi connectivity index (χ2n) is 7.69. The van der Waals surface area contributed by atoms with Crippen molar-refractivity contribution in [3.05, 3.63) is 108 Å². The normalized spacial score (nSPS) is 12.1. The van der Waals surface area contributed by atoms with Crippen molar-refractivity contribution in [3.8, 4) is 0 Å². The molecule has 0 aliphatic heterocycles. The second kappa shape index (κ2) is 10.6. The van der Waals surface area contributed by atoms with E-state index < -0.39 is 0 Å². The topological polar surface area (TPSA) is 32.3 Å². The van der Waals surface area contributed by atoms with Crippen molar-refractivity contribution in [3.63, 3.8) is 0 Å². The number of nitrogens with zero attached hydrogens (tertiary/aromatic N) is 1. The molecule has 0 radical (unpaired) electrons. The summed E-state index contributed by atoms with van der Waals surface area (Å²) in [4.78, 5) is 15.0. The first-order chi connectivity index (χ1) is 14.1. The Kier molecular flexibility index (Phi) is 7.60. The molecule has 0 aromatic heterocycles. The monoisotopic (exact) mass is 386 g/mol. The van der Waals surface area contributed by atoms with E-state index in [2.05, 4.69) is 72.8 Å². The van der Waals surface area contributed by atoms with Gasteiger partial charge in [-0.3, -0.25) is 4.79 Å². The number of carbonyl (C=O) groups is 1. The van der Waals surface area contributed by atoms with E-state index in [0.717, 1.165) is 6.42 Å². The molecule has 150 valence electrons. The zero-order valence-corrected chi connectivity index (χ0v) is 17.3. The number of amides is 1. The Hall–Kier alpha value is -2.91. The van der Waals surface area contributed by atoms with Gasteiger partial charge in [-0.2, -0.15) is 0 Å². The Balaban J connectivity index is 1.65. The van der Waals surface area contributed by atoms with E-state index in [9.17, 15) is 4.79 Å². The summed E-state index contributed by atoms with van der Waals surface area (Å²) in [6.07, 6.45) is 1.36. The minimum absolute atomic E-state index is 0.0596. The van der Waals surface area contributed by atoms with Crippen molar-refractivity contribution < 1.29 is 4.79 Å². The molecule has 0 unspecified atom stereocenters. The van der Waals surface area contributed by atoms with Gasteiger partial charge >= 0.3 is 0 Å². The molecule has 0 bridgehead atoms. The number of rotatable bonds is 9. The predicted octanol–water partition coefficient (Wildman–Crippen LogP) is 4.50. The van der Waals surface area contributed by atoms with Crippen molar-refractivity contribution in [2.45, 2.75) is 24.8 Å². The summed E-state index contributed by atoms with van der Waals surface area (Å²) in [6, 6.07) is 31.2. The van der Waals surface area contributed by atoms with Crippen molar-refractivity contribution in [1.29, 1.82) is 0 Å². The second-order valence-corrected chi connectivity index (χ2v) is 7.69. The number of benzene rings is 3. The summed E-state index contributed by atoms with van der Waals surface area (Å²) in [7, 11) is 4.13. The smallest absolute Gasteiger partial charge is 0.221 e. The minimum Gasteiger partial charge on any atom is -0.354 e. The third kappa shape index (κ3) is 6.30. The summed E-state index contributed by atoms with van der Waals surface area (Å²) in [5.74, 6) is 0.145. The fourth-order valence-corrected chi connectivity index (χ4v) is 3.61. The van der Waals surface area contributed by atoms with E-state index in [0.29, 0.717) is 13.0 Å². The highest BCUT2D eigenvalue weighted by Crippen LogP contribution is 2.27. The van der Waals surface area contributed by atoms with Crippen LogP contribution in [-0.2, 0) is 11.2 Å². The highest BCUT2D eigenvalue weighted by Gasteiger charge is 2.19. The molecular weight excluding hydrogens is 356 g/mol. The van der Waals surface area contributed by atoms with Crippen LogP contribution in [0.3, 0.4) is 0 Å². The molecule has 3 rings (SSSR count). The molecule has 0 spiro atoms. The van der Waals surface area contributed by atoms with Crippen molar-refractivity contribution >= 4 is 5.91 Å². The van der Waals surface area contributed by atoms with Gasteiger partial charge < -0.3 is 10.2 Å². The minimum atomic E-state index is 0.0596. The summed E-state index contributed by atoms with van der Waals surface area (Å²) >= 11 is 0. The molecule has 0 saturated heterocycles. The zero-order chi connectivity index (χ0) is 20.5. The molecular formula is C26H30N2O. The van der Waals surface area contributed by atoms with E-state index >= 15 is 0 Å². The van der Waals surface area contributed by atoms with Gasteiger partial charge in [-0.1, -0.05) is 91.0 Å². The SMILES string of the molecule is CN(C)[C@H](CNC(=O)CC(c1ccccc1)c1ccccc1)Cc1ccccc1. The van der Waals surface area contributed by atoms with Crippen LogP contribution >= 0.6 is 0 Å². The fourth-order valence-electron chi connectivity index (χ4n) is 3.61. The van der Waals surface area contributed by atoms with Crippen LogP contribution in [0.25, 0.3) is 0 Å². The van der Waals surface area contributed by atoms with Crippen molar-refractivity contribution in [2.24, 2.45) is 0 Å². The Labute approximate surface area is 174 Å². The van der Waals surface area contributed by atoms with Crippen LogP contribution in [-0.4, -0.2) is 37.5 Å². The fraction of sp³-hybridized carbons (Fsp3) is 0.269. The summed E-state index contributed by atoms with van der Waals surface area (Å²) in [6.45, 7) is 0.636. The Morgan fingerprint density at radius 1 is 0.793 bits per heavy atom. The van der Waals surface area contributed by atoms with Gasteiger partial charge in [-0.05, 0) is 37.2 Å². The van der Waals surface area contributed by atoms with Crippen molar-refractivity contribution in [1.82, 2.24) is 10.2 Å². The van der Waals surface area contributed by atoms with Gasteiger partial charge in [0.05, 0.1) is 0 Å². The first-order valence-corrected chi connectivity index (χ1v) is 10.2. The number of nitrogens with one attached hydrogen (secondary N) is 1. The first-order valence-electron chi connectivity index (χ1n) is 10.2. The average molecular weight is 387 g/mol. The van der Waals surface area contributed by atoms with Crippen molar-refractivity contribution in [2.75, 3.05) is 20.6 Å². The van der Waals surface area contributed by atoms with E-state index in [4.69, 9.17) is 0 Å². The highest BCUT2D eigenvalue weighted by molar-refractivity contribution is 5.77. The van der Waals surface area contributed by atoms with E-state index in [1.165, 1.54) is 16.7 Å². The lowest BCUT2D eigenvalue weighted by molar-refractivity contribution is -0.121. The maximum atomic E-state index is 12.8. The van der Waals surface area contributed by atoms with Gasteiger partial charge in [-0.15, -0.1) is 0 Å². The van der Waals surface area contributed by atoms with E-state index in [1.807, 2.05) is 42.5 Å². The third-order valence-electron chi connectivity index (χ3n) is 5.37. The number of carbonyl (C=O) groups excluding carboxylic acids is 1. The van der Waals surface area contributed by atoms with Gasteiger partial charge in [0.1, 0.15) is 0 Å². The maximum Gasteiger partial charge on any atom is 0.221 e. The molecule has 3 aromatic carbocycles. The first kappa shape index (κ1) is 20.8. The van der Waals surface area contributed by atoms with Gasteiger partial charge in [-0.25, -0.2) is 0 Å². The van der Waals surface area contributed by atoms with Crippen LogP contribution in [0.5, 0.6) is 0 Å². The molecule has 1 atom stereocenters. The van der Waals surface area contributed by atoms with Crippen LogP contribution < -0.4 is 5.32 Å². The molecule has 0 heterocycles. The largest absolute Gasteiger partial charge is 0.354 e. The number of hydrogen-bond donors (Lipinski definition) is 1. The van der Waals surface area contributed by atoms with E-state index in [1.54, 1.807) is 0 Å². The molecule has 0 fully saturated rings. The highest BCUT2D eigenvalue weighted by atomic mass is 16.1. The lowest BCUT2D eigenvalue weighted by Crippen LogP contribution is -2.41. The molecule has 3 nitrogen and oxygen atoms in total. The molecule has 0 saturated carbocycles. The quantitative estimate of drug-likeness (QED) is 0.587. The molecule has 1 amide bonds. The van der Waals surface area contributed by atoms with Gasteiger partial charge in [0.15, 0.2) is 0 Å². The van der Waals surface area contributed by atoms with E-state index in [-0.39, 0.29) is 17.9 Å². The van der Waals surface area contributed by atoms with Crippen LogP contribution in [0.1, 0.15) is 29.0 Å². The van der Waals surface area contributed by atoms with Crippen LogP contribution in [0.2, 0.25) is 0 Å². The Morgan fingerprint density at radius 3 is 1.76 bits per heavy atom. The maximum absolute atomic E-state index is 12.8. The van der Waals surface area contributed by atoms with Crippen LogP contribution in [0.15, 0.2) is 91.0 Å². The molecule has 29 heavy (non-hydrogen) atoms. The Morgan fingerprint density at radius 2 is 1.28 bits per heavy atom. The van der Waals surface area contributed by atoms with Gasteiger partial charge in [0, 0.05) is 24.9 Å². The standard InChI is InChI=1S/C26H30N2O/c1-28(2)24(18-21-12-6-3-7-13-21)20-27-26(29)19-25(22-14-8-4-9-15-22)23-16-10-5-11-17-23/h3-17,24-25H,18-20H2,1-2H3,(H,27,29)/t24-/m0/s1. The molecule has 3 heteroatoms. The number of likely N-dealkylation sites (N-methyl/N-ethyl adjacent to an activating group) is 1. The lowest BCUT2D eigenvalue weighted by Gasteiger charge is -2.25. The third-order valence-corrected chi connectivity index (χ3v) is 5.37. The van der Waals surface area contributed by atoms with Crippen LogP contribution in [0.4, 0.5) is 0 Å². The molecule has 0 aliphatic carbocycles. The Bertz CT molecular complexity index is 823. The molecule has 0 aliphatic rings. The summed E-state index contributed by atoms with van der Waals surface area (Å²) in [5.41, 5.74) is 3.62. The zero-order valence-electron chi connectivity index (χ0n) is 17.3.